The molecule has 130 valence electrons. The molecule has 0 bridgehead atoms. The fraction of sp³-hybridized carbons (Fsp3) is 0.444. The maximum atomic E-state index is 5.66. The van der Waals surface area contributed by atoms with Crippen LogP contribution in [0.1, 0.15) is 22.8 Å². The highest BCUT2D eigenvalue weighted by atomic mass is 16.5. The molecule has 0 saturated carbocycles. The number of nitrogens with one attached hydrogen (secondary N) is 2. The van der Waals surface area contributed by atoms with Gasteiger partial charge in [0, 0.05) is 26.7 Å². The first-order valence-corrected chi connectivity index (χ1v) is 8.13. The highest BCUT2D eigenvalue weighted by Crippen LogP contribution is 2.02. The van der Waals surface area contributed by atoms with Crippen LogP contribution in [0.15, 0.2) is 36.4 Å². The van der Waals surface area contributed by atoms with Crippen LogP contribution in [0, 0.1) is 0 Å². The molecule has 0 atom stereocenters. The van der Waals surface area contributed by atoms with Crippen molar-refractivity contribution < 1.29 is 9.47 Å². The second-order valence-corrected chi connectivity index (χ2v) is 5.43. The minimum absolute atomic E-state index is 0.509. The third-order valence-electron chi connectivity index (χ3n) is 3.36. The Morgan fingerprint density at radius 1 is 0.875 bits per heavy atom. The summed E-state index contributed by atoms with van der Waals surface area (Å²) in [6.45, 7) is 3.96. The second kappa shape index (κ2) is 10.8. The molecule has 2 aromatic heterocycles. The van der Waals surface area contributed by atoms with Crippen molar-refractivity contribution in [2.45, 2.75) is 26.3 Å². The fourth-order valence-electron chi connectivity index (χ4n) is 2.28. The Balaban J connectivity index is 1.63. The molecule has 0 amide bonds. The molecule has 0 aromatic carbocycles. The lowest BCUT2D eigenvalue weighted by atomic mass is 10.3. The van der Waals surface area contributed by atoms with Crippen LogP contribution >= 0.6 is 0 Å². The molecule has 2 heterocycles. The van der Waals surface area contributed by atoms with E-state index < -0.39 is 0 Å². The van der Waals surface area contributed by atoms with Gasteiger partial charge in [0.2, 0.25) is 0 Å². The molecule has 0 aliphatic heterocycles. The molecule has 0 unspecified atom stereocenters. The SMILES string of the molecule is CNCc1cccc(CNCCOCc2cccc(COC)n2)n1. The van der Waals surface area contributed by atoms with Gasteiger partial charge in [-0.2, -0.15) is 0 Å². The summed E-state index contributed by atoms with van der Waals surface area (Å²) in [6.07, 6.45) is 0. The predicted octanol–water partition coefficient (Wildman–Crippen LogP) is 1.65. The Kier molecular flexibility index (Phi) is 8.34. The molecule has 0 aliphatic carbocycles. The molecular weight excluding hydrogens is 304 g/mol. The molecule has 0 saturated heterocycles. The number of aromatic nitrogens is 2. The smallest absolute Gasteiger partial charge is 0.0888 e. The van der Waals surface area contributed by atoms with Crippen molar-refractivity contribution in [2.75, 3.05) is 27.3 Å². The summed E-state index contributed by atoms with van der Waals surface area (Å²) < 4.78 is 10.7. The van der Waals surface area contributed by atoms with Crippen LogP contribution < -0.4 is 10.6 Å². The lowest BCUT2D eigenvalue weighted by molar-refractivity contribution is 0.119. The Labute approximate surface area is 143 Å². The van der Waals surface area contributed by atoms with Crippen LogP contribution in [0.25, 0.3) is 0 Å². The molecule has 2 N–H and O–H groups in total. The average molecular weight is 330 g/mol. The van der Waals surface area contributed by atoms with Crippen LogP contribution in [0.3, 0.4) is 0 Å². The number of methoxy groups -OCH3 is 1. The Morgan fingerprint density at radius 3 is 2.21 bits per heavy atom. The van der Waals surface area contributed by atoms with E-state index >= 15 is 0 Å². The second-order valence-electron chi connectivity index (χ2n) is 5.43. The van der Waals surface area contributed by atoms with E-state index in [1.165, 1.54) is 0 Å². The first-order chi connectivity index (χ1) is 11.8. The molecule has 0 radical (unpaired) electrons. The zero-order chi connectivity index (χ0) is 17.0. The summed E-state index contributed by atoms with van der Waals surface area (Å²) in [5.41, 5.74) is 3.93. The highest BCUT2D eigenvalue weighted by molar-refractivity contribution is 5.11. The van der Waals surface area contributed by atoms with Crippen LogP contribution in [-0.4, -0.2) is 37.3 Å². The van der Waals surface area contributed by atoms with Crippen LogP contribution in [0.4, 0.5) is 0 Å². The third-order valence-corrected chi connectivity index (χ3v) is 3.36. The van der Waals surface area contributed by atoms with Crippen LogP contribution in [-0.2, 0) is 35.8 Å². The van der Waals surface area contributed by atoms with E-state index in [-0.39, 0.29) is 0 Å². The van der Waals surface area contributed by atoms with Gasteiger partial charge in [-0.1, -0.05) is 12.1 Å². The van der Waals surface area contributed by atoms with Crippen molar-refractivity contribution in [1.82, 2.24) is 20.6 Å². The number of ether oxygens (including phenoxy) is 2. The number of rotatable bonds is 11. The predicted molar refractivity (Wildman–Crippen MR) is 93.3 cm³/mol. The Morgan fingerprint density at radius 2 is 1.50 bits per heavy atom. The van der Waals surface area contributed by atoms with E-state index in [0.29, 0.717) is 19.8 Å². The van der Waals surface area contributed by atoms with Gasteiger partial charge in [0.25, 0.3) is 0 Å². The molecule has 6 heteroatoms. The van der Waals surface area contributed by atoms with Gasteiger partial charge in [-0.05, 0) is 31.3 Å². The van der Waals surface area contributed by atoms with E-state index in [2.05, 4.69) is 20.6 Å². The number of nitrogens with zero attached hydrogens (tertiary/aromatic N) is 2. The molecule has 6 nitrogen and oxygen atoms in total. The number of pyridine rings is 2. The maximum Gasteiger partial charge on any atom is 0.0888 e. The third kappa shape index (κ3) is 6.72. The lowest BCUT2D eigenvalue weighted by Gasteiger charge is -2.08. The van der Waals surface area contributed by atoms with Crippen molar-refractivity contribution in [1.29, 1.82) is 0 Å². The molecular formula is C18H26N4O2. The molecule has 0 fully saturated rings. The first-order valence-electron chi connectivity index (χ1n) is 8.13. The lowest BCUT2D eigenvalue weighted by Crippen LogP contribution is -2.20. The van der Waals surface area contributed by atoms with Gasteiger partial charge >= 0.3 is 0 Å². The van der Waals surface area contributed by atoms with E-state index in [4.69, 9.17) is 9.47 Å². The molecule has 0 spiro atoms. The standard InChI is InChI=1S/C18H26N4O2/c1-19-11-15-5-3-6-16(21-15)12-20-9-10-24-14-18-8-4-7-17(22-18)13-23-2/h3-8,19-20H,9-14H2,1-2H3. The fourth-order valence-corrected chi connectivity index (χ4v) is 2.28. The summed E-state index contributed by atoms with van der Waals surface area (Å²) in [5.74, 6) is 0. The van der Waals surface area contributed by atoms with Gasteiger partial charge < -0.3 is 20.1 Å². The first kappa shape index (κ1) is 18.5. The van der Waals surface area contributed by atoms with Gasteiger partial charge in [0.1, 0.15) is 0 Å². The normalized spacial score (nSPS) is 10.9. The van der Waals surface area contributed by atoms with E-state index in [9.17, 15) is 0 Å². The van der Waals surface area contributed by atoms with Crippen molar-refractivity contribution in [3.63, 3.8) is 0 Å². The van der Waals surface area contributed by atoms with Crippen molar-refractivity contribution in [3.8, 4) is 0 Å². The van der Waals surface area contributed by atoms with E-state index in [0.717, 1.165) is 42.4 Å². The molecule has 2 aromatic rings. The molecule has 2 rings (SSSR count). The minimum Gasteiger partial charge on any atom is -0.378 e. The van der Waals surface area contributed by atoms with Crippen molar-refractivity contribution >= 4 is 0 Å². The summed E-state index contributed by atoms with van der Waals surface area (Å²) in [7, 11) is 3.59. The Hall–Kier alpha value is -1.86. The van der Waals surface area contributed by atoms with Gasteiger partial charge in [-0.15, -0.1) is 0 Å². The summed E-state index contributed by atoms with van der Waals surface area (Å²) in [4.78, 5) is 9.04. The summed E-state index contributed by atoms with van der Waals surface area (Å²) in [6, 6.07) is 12.0. The van der Waals surface area contributed by atoms with Crippen LogP contribution in [0.5, 0.6) is 0 Å². The zero-order valence-electron chi connectivity index (χ0n) is 14.4. The van der Waals surface area contributed by atoms with Gasteiger partial charge in [0.15, 0.2) is 0 Å². The van der Waals surface area contributed by atoms with Crippen molar-refractivity contribution in [2.24, 2.45) is 0 Å². The van der Waals surface area contributed by atoms with Crippen molar-refractivity contribution in [3.05, 3.63) is 59.2 Å². The quantitative estimate of drug-likeness (QED) is 0.611. The largest absolute Gasteiger partial charge is 0.378 e. The average Bonchev–Trinajstić information content (AvgIpc) is 2.59. The zero-order valence-corrected chi connectivity index (χ0v) is 14.4. The highest BCUT2D eigenvalue weighted by Gasteiger charge is 1.99. The van der Waals surface area contributed by atoms with Gasteiger partial charge in [-0.25, -0.2) is 0 Å². The Bertz CT molecular complexity index is 554. The van der Waals surface area contributed by atoms with E-state index in [1.807, 2.05) is 43.4 Å². The van der Waals surface area contributed by atoms with Crippen LogP contribution in [0.2, 0.25) is 0 Å². The monoisotopic (exact) mass is 330 g/mol. The number of hydrogen-bond donors (Lipinski definition) is 2. The molecule has 0 aliphatic rings. The number of hydrogen-bond acceptors (Lipinski definition) is 6. The van der Waals surface area contributed by atoms with E-state index in [1.54, 1.807) is 7.11 Å². The van der Waals surface area contributed by atoms with Gasteiger partial charge in [-0.3, -0.25) is 9.97 Å². The molecule has 24 heavy (non-hydrogen) atoms. The van der Waals surface area contributed by atoms with Gasteiger partial charge in [0.05, 0.1) is 42.6 Å². The maximum absolute atomic E-state index is 5.66. The minimum atomic E-state index is 0.509. The summed E-state index contributed by atoms with van der Waals surface area (Å²) >= 11 is 0. The summed E-state index contributed by atoms with van der Waals surface area (Å²) in [5, 5.41) is 6.45. The topological polar surface area (TPSA) is 68.3 Å².